The molecule has 9 heteroatoms. The molecule has 2 amide bonds. The average Bonchev–Trinajstić information content (AvgIpc) is 3.41. The molecule has 5 rings (SSSR count). The topological polar surface area (TPSA) is 105 Å². The second-order valence-corrected chi connectivity index (χ2v) is 8.64. The molecule has 2 aromatic carbocycles. The van der Waals surface area contributed by atoms with Crippen molar-refractivity contribution in [3.05, 3.63) is 89.7 Å². The molecule has 37 heavy (non-hydrogen) atoms. The van der Waals surface area contributed by atoms with E-state index in [0.717, 1.165) is 5.56 Å². The van der Waals surface area contributed by atoms with E-state index in [1.807, 2.05) is 48.5 Å². The fourth-order valence-electron chi connectivity index (χ4n) is 4.40. The van der Waals surface area contributed by atoms with Crippen LogP contribution in [0.15, 0.2) is 73.1 Å². The molecule has 2 aromatic heterocycles. The van der Waals surface area contributed by atoms with Crippen molar-refractivity contribution in [3.63, 3.8) is 0 Å². The molecule has 1 N–H and O–H groups in total. The maximum absolute atomic E-state index is 13.3. The number of pyridine rings is 1. The van der Waals surface area contributed by atoms with Crippen LogP contribution in [-0.2, 0) is 11.4 Å². The van der Waals surface area contributed by atoms with Crippen molar-refractivity contribution in [2.24, 2.45) is 0 Å². The zero-order chi connectivity index (χ0) is 25.8. The Hall–Kier alpha value is -4.66. The lowest BCUT2D eigenvalue weighted by Gasteiger charge is -2.34. The summed E-state index contributed by atoms with van der Waals surface area (Å²) in [6, 6.07) is 18.7. The van der Waals surface area contributed by atoms with E-state index in [0.29, 0.717) is 47.8 Å². The Kier molecular flexibility index (Phi) is 6.85. The molecular weight excluding hydrogens is 472 g/mol. The standard InChI is InChI=1S/C28H26N4O5/c1-36-22-17-30-26(37-18-19-8-4-2-5-9-19)24-23(22)21(16-29-24)25(33)28(35)32-14-12-31(13-15-32)27(34)20-10-6-3-7-11-20/h2-11,16-17,29H,12-15,18H2,1H3. The van der Waals surface area contributed by atoms with Crippen LogP contribution >= 0.6 is 0 Å². The molecule has 4 aromatic rings. The second kappa shape index (κ2) is 10.5. The predicted molar refractivity (Wildman–Crippen MR) is 137 cm³/mol. The van der Waals surface area contributed by atoms with Crippen molar-refractivity contribution < 1.29 is 23.9 Å². The monoisotopic (exact) mass is 498 g/mol. The number of aromatic nitrogens is 2. The van der Waals surface area contributed by atoms with Crippen molar-refractivity contribution >= 4 is 28.5 Å². The summed E-state index contributed by atoms with van der Waals surface area (Å²) in [5, 5.41) is 0.441. The number of fused-ring (bicyclic) bond motifs is 1. The number of carbonyl (C=O) groups excluding carboxylic acids is 3. The molecule has 3 heterocycles. The van der Waals surface area contributed by atoms with Crippen molar-refractivity contribution in [1.82, 2.24) is 19.8 Å². The highest BCUT2D eigenvalue weighted by molar-refractivity contribution is 6.45. The first-order valence-corrected chi connectivity index (χ1v) is 12.0. The third-order valence-corrected chi connectivity index (χ3v) is 6.39. The Balaban J connectivity index is 1.31. The summed E-state index contributed by atoms with van der Waals surface area (Å²) in [6.07, 6.45) is 2.96. The van der Waals surface area contributed by atoms with Crippen LogP contribution in [0.5, 0.6) is 11.6 Å². The number of ketones is 1. The molecule has 0 saturated carbocycles. The zero-order valence-electron chi connectivity index (χ0n) is 20.3. The Morgan fingerprint density at radius 3 is 2.24 bits per heavy atom. The van der Waals surface area contributed by atoms with E-state index in [4.69, 9.17) is 9.47 Å². The first-order chi connectivity index (χ1) is 18.1. The number of methoxy groups -OCH3 is 1. The van der Waals surface area contributed by atoms with E-state index in [1.54, 1.807) is 17.0 Å². The fourth-order valence-corrected chi connectivity index (χ4v) is 4.40. The molecule has 0 atom stereocenters. The lowest BCUT2D eigenvalue weighted by molar-refractivity contribution is -0.127. The average molecular weight is 499 g/mol. The van der Waals surface area contributed by atoms with Gasteiger partial charge in [-0.1, -0.05) is 48.5 Å². The van der Waals surface area contributed by atoms with Gasteiger partial charge in [0, 0.05) is 37.9 Å². The van der Waals surface area contributed by atoms with Gasteiger partial charge in [-0.3, -0.25) is 14.4 Å². The van der Waals surface area contributed by atoms with Crippen LogP contribution in [0.4, 0.5) is 0 Å². The number of Topliss-reactive ketones (excluding diaryl/α,β-unsaturated/α-hetero) is 1. The molecule has 0 spiro atoms. The number of nitrogens with one attached hydrogen (secondary N) is 1. The third kappa shape index (κ3) is 4.88. The maximum atomic E-state index is 13.3. The number of H-pyrrole nitrogens is 1. The first kappa shape index (κ1) is 24.1. The lowest BCUT2D eigenvalue weighted by Crippen LogP contribution is -2.52. The summed E-state index contributed by atoms with van der Waals surface area (Å²) in [4.78, 5) is 49.7. The van der Waals surface area contributed by atoms with Crippen molar-refractivity contribution in [2.45, 2.75) is 6.61 Å². The number of rotatable bonds is 7. The van der Waals surface area contributed by atoms with Gasteiger partial charge >= 0.3 is 0 Å². The number of nitrogens with zero attached hydrogens (tertiary/aromatic N) is 3. The Morgan fingerprint density at radius 2 is 1.57 bits per heavy atom. The van der Waals surface area contributed by atoms with Crippen molar-refractivity contribution in [2.75, 3.05) is 33.3 Å². The second-order valence-electron chi connectivity index (χ2n) is 8.64. The fraction of sp³-hybridized carbons (Fsp3) is 0.214. The van der Waals surface area contributed by atoms with Crippen LogP contribution in [0.25, 0.3) is 10.9 Å². The van der Waals surface area contributed by atoms with E-state index in [2.05, 4.69) is 9.97 Å². The van der Waals surface area contributed by atoms with Crippen molar-refractivity contribution in [3.8, 4) is 11.6 Å². The number of carbonyl (C=O) groups is 3. The van der Waals surface area contributed by atoms with Gasteiger partial charge in [-0.15, -0.1) is 0 Å². The van der Waals surface area contributed by atoms with Gasteiger partial charge in [0.15, 0.2) is 0 Å². The normalized spacial score (nSPS) is 13.4. The lowest BCUT2D eigenvalue weighted by atomic mass is 10.1. The highest BCUT2D eigenvalue weighted by Gasteiger charge is 2.31. The van der Waals surface area contributed by atoms with Gasteiger partial charge in [0.1, 0.15) is 17.9 Å². The third-order valence-electron chi connectivity index (χ3n) is 6.39. The molecule has 1 fully saturated rings. The van der Waals surface area contributed by atoms with Gasteiger partial charge in [0.2, 0.25) is 5.88 Å². The molecule has 0 bridgehead atoms. The minimum absolute atomic E-state index is 0.0871. The minimum Gasteiger partial charge on any atom is -0.494 e. The number of hydrogen-bond acceptors (Lipinski definition) is 6. The van der Waals surface area contributed by atoms with E-state index in [9.17, 15) is 14.4 Å². The molecule has 0 aliphatic carbocycles. The Labute approximate surface area is 213 Å². The number of aromatic amines is 1. The SMILES string of the molecule is COc1cnc(OCc2ccccc2)c2[nH]cc(C(=O)C(=O)N3CCN(C(=O)c4ccccc4)CC3)c12. The number of amides is 2. The van der Waals surface area contributed by atoms with Crippen LogP contribution in [-0.4, -0.2) is 70.7 Å². The molecule has 0 radical (unpaired) electrons. The van der Waals surface area contributed by atoms with Gasteiger partial charge in [0.25, 0.3) is 17.6 Å². The number of ether oxygens (including phenoxy) is 2. The predicted octanol–water partition coefficient (Wildman–Crippen LogP) is 3.32. The van der Waals surface area contributed by atoms with E-state index < -0.39 is 11.7 Å². The molecule has 0 unspecified atom stereocenters. The maximum Gasteiger partial charge on any atom is 0.295 e. The summed E-state index contributed by atoms with van der Waals surface area (Å²) < 4.78 is 11.3. The Bertz CT molecular complexity index is 1430. The van der Waals surface area contributed by atoms with Crippen LogP contribution in [0.2, 0.25) is 0 Å². The van der Waals surface area contributed by atoms with Gasteiger partial charge in [0.05, 0.1) is 24.3 Å². The number of hydrogen-bond donors (Lipinski definition) is 1. The van der Waals surface area contributed by atoms with E-state index >= 15 is 0 Å². The van der Waals surface area contributed by atoms with Crippen LogP contribution < -0.4 is 9.47 Å². The zero-order valence-corrected chi connectivity index (χ0v) is 20.3. The first-order valence-electron chi connectivity index (χ1n) is 12.0. The van der Waals surface area contributed by atoms with E-state index in [1.165, 1.54) is 24.4 Å². The van der Waals surface area contributed by atoms with Gasteiger partial charge in [-0.05, 0) is 17.7 Å². The largest absolute Gasteiger partial charge is 0.494 e. The van der Waals surface area contributed by atoms with Gasteiger partial charge in [-0.25, -0.2) is 4.98 Å². The quantitative estimate of drug-likeness (QED) is 0.310. The summed E-state index contributed by atoms with van der Waals surface area (Å²) in [7, 11) is 1.48. The molecule has 188 valence electrons. The van der Waals surface area contributed by atoms with Crippen LogP contribution in [0, 0.1) is 0 Å². The molecule has 1 aliphatic rings. The van der Waals surface area contributed by atoms with E-state index in [-0.39, 0.29) is 24.6 Å². The molecule has 1 aliphatic heterocycles. The van der Waals surface area contributed by atoms with Gasteiger partial charge in [-0.2, -0.15) is 0 Å². The summed E-state index contributed by atoms with van der Waals surface area (Å²) in [5.74, 6) is -0.709. The number of benzene rings is 2. The Morgan fingerprint density at radius 1 is 0.919 bits per heavy atom. The highest BCUT2D eigenvalue weighted by Crippen LogP contribution is 2.34. The summed E-state index contributed by atoms with van der Waals surface area (Å²) in [6.45, 7) is 1.55. The minimum atomic E-state index is -0.660. The molecule has 1 saturated heterocycles. The summed E-state index contributed by atoms with van der Waals surface area (Å²) >= 11 is 0. The number of piperazine rings is 1. The highest BCUT2D eigenvalue weighted by atomic mass is 16.5. The van der Waals surface area contributed by atoms with Crippen LogP contribution in [0.3, 0.4) is 0 Å². The summed E-state index contributed by atoms with van der Waals surface area (Å²) in [5.41, 5.74) is 2.23. The van der Waals surface area contributed by atoms with Gasteiger partial charge < -0.3 is 24.3 Å². The van der Waals surface area contributed by atoms with Crippen molar-refractivity contribution in [1.29, 1.82) is 0 Å². The smallest absolute Gasteiger partial charge is 0.295 e. The molecule has 9 nitrogen and oxygen atoms in total. The van der Waals surface area contributed by atoms with Crippen LogP contribution in [0.1, 0.15) is 26.3 Å². The molecular formula is C28H26N4O5.